The molecule has 1 aromatic rings. The zero-order chi connectivity index (χ0) is 19.6. The van der Waals surface area contributed by atoms with Gasteiger partial charge in [0.25, 0.3) is 0 Å². The van der Waals surface area contributed by atoms with Crippen molar-refractivity contribution in [2.45, 2.75) is 38.1 Å². The predicted molar refractivity (Wildman–Crippen MR) is 101 cm³/mol. The van der Waals surface area contributed by atoms with E-state index in [9.17, 15) is 13.2 Å². The van der Waals surface area contributed by atoms with Crippen molar-refractivity contribution in [2.75, 3.05) is 26.2 Å². The molecule has 0 atom stereocenters. The molecule has 1 amide bonds. The van der Waals surface area contributed by atoms with Crippen LogP contribution in [0.5, 0.6) is 0 Å². The summed E-state index contributed by atoms with van der Waals surface area (Å²) in [5.41, 5.74) is -0.317. The molecule has 0 aliphatic rings. The van der Waals surface area contributed by atoms with Gasteiger partial charge in [-0.05, 0) is 39.8 Å². The van der Waals surface area contributed by atoms with Gasteiger partial charge >= 0.3 is 0 Å². The minimum absolute atomic E-state index is 0.0198. The SMILES string of the molecule is CCNC(=NCC(=O)NC(C)(C)C)NCCNS(=O)(=O)c1cccnc1. The van der Waals surface area contributed by atoms with Crippen molar-refractivity contribution in [3.63, 3.8) is 0 Å². The smallest absolute Gasteiger partial charge is 0.242 e. The van der Waals surface area contributed by atoms with Crippen LogP contribution < -0.4 is 20.7 Å². The van der Waals surface area contributed by atoms with Gasteiger partial charge in [-0.25, -0.2) is 18.1 Å². The fraction of sp³-hybridized carbons (Fsp3) is 0.562. The molecule has 26 heavy (non-hydrogen) atoms. The Balaban J connectivity index is 2.48. The van der Waals surface area contributed by atoms with E-state index in [2.05, 4.69) is 30.6 Å². The Kier molecular flexibility index (Phi) is 8.46. The average molecular weight is 385 g/mol. The molecule has 0 bridgehead atoms. The molecule has 146 valence electrons. The normalized spacial score (nSPS) is 12.5. The molecule has 0 radical (unpaired) electrons. The number of aliphatic imine (C=N–C) groups is 1. The molecule has 10 heteroatoms. The maximum Gasteiger partial charge on any atom is 0.242 e. The van der Waals surface area contributed by atoms with Crippen LogP contribution in [-0.4, -0.2) is 57.0 Å². The first-order chi connectivity index (χ1) is 12.1. The van der Waals surface area contributed by atoms with E-state index in [-0.39, 0.29) is 29.4 Å². The molecule has 1 rings (SSSR count). The second-order valence-electron chi connectivity index (χ2n) is 6.51. The maximum atomic E-state index is 12.1. The summed E-state index contributed by atoms with van der Waals surface area (Å²) in [7, 11) is -3.59. The van der Waals surface area contributed by atoms with Gasteiger partial charge in [0.2, 0.25) is 15.9 Å². The van der Waals surface area contributed by atoms with Crippen LogP contribution in [0, 0.1) is 0 Å². The Hall–Kier alpha value is -2.20. The summed E-state index contributed by atoms with van der Waals surface area (Å²) in [4.78, 5) is 19.9. The molecule has 0 spiro atoms. The Morgan fingerprint density at radius 2 is 1.96 bits per heavy atom. The summed E-state index contributed by atoms with van der Waals surface area (Å²) in [6.45, 7) is 8.66. The Labute approximate surface area is 155 Å². The van der Waals surface area contributed by atoms with Crippen LogP contribution in [0.2, 0.25) is 0 Å². The molecular formula is C16H28N6O3S. The molecule has 1 aromatic heterocycles. The number of hydrogen-bond donors (Lipinski definition) is 4. The van der Waals surface area contributed by atoms with Gasteiger partial charge in [0.15, 0.2) is 5.96 Å². The van der Waals surface area contributed by atoms with E-state index in [1.54, 1.807) is 6.07 Å². The molecule has 0 unspecified atom stereocenters. The lowest BCUT2D eigenvalue weighted by atomic mass is 10.1. The van der Waals surface area contributed by atoms with Crippen LogP contribution in [0.25, 0.3) is 0 Å². The molecular weight excluding hydrogens is 356 g/mol. The summed E-state index contributed by atoms with van der Waals surface area (Å²) in [6.07, 6.45) is 2.80. The van der Waals surface area contributed by atoms with E-state index in [1.807, 2.05) is 27.7 Å². The number of nitrogens with zero attached hydrogens (tertiary/aromatic N) is 2. The lowest BCUT2D eigenvalue weighted by molar-refractivity contribution is -0.121. The third kappa shape index (κ3) is 8.77. The molecule has 0 aromatic carbocycles. The molecule has 0 aliphatic heterocycles. The highest BCUT2D eigenvalue weighted by molar-refractivity contribution is 7.89. The lowest BCUT2D eigenvalue weighted by Crippen LogP contribution is -2.44. The number of carbonyl (C=O) groups excluding carboxylic acids is 1. The summed E-state index contributed by atoms with van der Waals surface area (Å²) >= 11 is 0. The van der Waals surface area contributed by atoms with Crippen molar-refractivity contribution < 1.29 is 13.2 Å². The van der Waals surface area contributed by atoms with Crippen molar-refractivity contribution in [2.24, 2.45) is 4.99 Å². The lowest BCUT2D eigenvalue weighted by Gasteiger charge is -2.20. The van der Waals surface area contributed by atoms with E-state index in [4.69, 9.17) is 0 Å². The Morgan fingerprint density at radius 1 is 1.23 bits per heavy atom. The topological polar surface area (TPSA) is 125 Å². The van der Waals surface area contributed by atoms with E-state index in [1.165, 1.54) is 18.5 Å². The van der Waals surface area contributed by atoms with Crippen molar-refractivity contribution in [1.82, 2.24) is 25.7 Å². The van der Waals surface area contributed by atoms with Crippen LogP contribution in [0.15, 0.2) is 34.4 Å². The van der Waals surface area contributed by atoms with Gasteiger partial charge in [-0.2, -0.15) is 0 Å². The first kappa shape index (κ1) is 21.8. The van der Waals surface area contributed by atoms with Crippen molar-refractivity contribution in [3.05, 3.63) is 24.5 Å². The third-order valence-corrected chi connectivity index (χ3v) is 4.34. The summed E-state index contributed by atoms with van der Waals surface area (Å²) in [5, 5.41) is 8.80. The minimum atomic E-state index is -3.59. The number of pyridine rings is 1. The molecule has 0 saturated carbocycles. The number of rotatable bonds is 8. The molecule has 0 aliphatic carbocycles. The number of carbonyl (C=O) groups is 1. The molecule has 9 nitrogen and oxygen atoms in total. The minimum Gasteiger partial charge on any atom is -0.357 e. The second kappa shape index (κ2) is 10.1. The van der Waals surface area contributed by atoms with Gasteiger partial charge in [0.1, 0.15) is 11.4 Å². The zero-order valence-electron chi connectivity index (χ0n) is 15.7. The highest BCUT2D eigenvalue weighted by Gasteiger charge is 2.14. The maximum absolute atomic E-state index is 12.1. The largest absolute Gasteiger partial charge is 0.357 e. The average Bonchev–Trinajstić information content (AvgIpc) is 2.55. The third-order valence-electron chi connectivity index (χ3n) is 2.89. The van der Waals surface area contributed by atoms with Gasteiger partial charge in [-0.3, -0.25) is 9.78 Å². The predicted octanol–water partition coefficient (Wildman–Crippen LogP) is -0.170. The van der Waals surface area contributed by atoms with Crippen LogP contribution >= 0.6 is 0 Å². The van der Waals surface area contributed by atoms with E-state index < -0.39 is 10.0 Å². The first-order valence-electron chi connectivity index (χ1n) is 8.37. The number of guanidine groups is 1. The van der Waals surface area contributed by atoms with Crippen molar-refractivity contribution in [1.29, 1.82) is 0 Å². The van der Waals surface area contributed by atoms with Crippen LogP contribution in [0.3, 0.4) is 0 Å². The van der Waals surface area contributed by atoms with E-state index in [0.717, 1.165) is 0 Å². The van der Waals surface area contributed by atoms with Crippen LogP contribution in [0.1, 0.15) is 27.7 Å². The highest BCUT2D eigenvalue weighted by atomic mass is 32.2. The van der Waals surface area contributed by atoms with Gasteiger partial charge in [0, 0.05) is 37.6 Å². The van der Waals surface area contributed by atoms with Gasteiger partial charge < -0.3 is 16.0 Å². The number of nitrogens with one attached hydrogen (secondary N) is 4. The van der Waals surface area contributed by atoms with Gasteiger partial charge in [-0.1, -0.05) is 0 Å². The Bertz CT molecular complexity index is 698. The first-order valence-corrected chi connectivity index (χ1v) is 9.85. The van der Waals surface area contributed by atoms with E-state index >= 15 is 0 Å². The Morgan fingerprint density at radius 3 is 2.54 bits per heavy atom. The number of aromatic nitrogens is 1. The summed E-state index contributed by atoms with van der Waals surface area (Å²) < 4.78 is 26.6. The van der Waals surface area contributed by atoms with Gasteiger partial charge in [-0.15, -0.1) is 0 Å². The van der Waals surface area contributed by atoms with Crippen LogP contribution in [-0.2, 0) is 14.8 Å². The fourth-order valence-electron chi connectivity index (χ4n) is 1.91. The molecule has 4 N–H and O–H groups in total. The number of hydrogen-bond acceptors (Lipinski definition) is 5. The van der Waals surface area contributed by atoms with Crippen molar-refractivity contribution in [3.8, 4) is 0 Å². The van der Waals surface area contributed by atoms with Gasteiger partial charge in [0.05, 0.1) is 0 Å². The molecule has 0 fully saturated rings. The zero-order valence-corrected chi connectivity index (χ0v) is 16.5. The second-order valence-corrected chi connectivity index (χ2v) is 8.27. The summed E-state index contributed by atoms with van der Waals surface area (Å²) in [6, 6.07) is 3.04. The quantitative estimate of drug-likeness (QED) is 0.280. The van der Waals surface area contributed by atoms with E-state index in [0.29, 0.717) is 19.0 Å². The fourth-order valence-corrected chi connectivity index (χ4v) is 2.90. The number of amides is 1. The van der Waals surface area contributed by atoms with Crippen molar-refractivity contribution >= 4 is 21.9 Å². The highest BCUT2D eigenvalue weighted by Crippen LogP contribution is 2.04. The summed E-state index contributed by atoms with van der Waals surface area (Å²) in [5.74, 6) is 0.254. The standard InChI is InChI=1S/C16H28N6O3S/c1-5-18-15(20-12-14(23)22-16(2,3)4)19-9-10-21-26(24,25)13-7-6-8-17-11-13/h6-8,11,21H,5,9-10,12H2,1-4H3,(H,22,23)(H2,18,19,20). The monoisotopic (exact) mass is 384 g/mol. The molecule has 0 saturated heterocycles. The van der Waals surface area contributed by atoms with Crippen LogP contribution in [0.4, 0.5) is 0 Å². The number of sulfonamides is 1. The molecule has 1 heterocycles.